The molecule has 0 saturated heterocycles. The Balaban J connectivity index is 2.03. The van der Waals surface area contributed by atoms with Crippen molar-refractivity contribution in [3.63, 3.8) is 0 Å². The lowest BCUT2D eigenvalue weighted by molar-refractivity contribution is 0.583. The molecule has 6 heteroatoms. The van der Waals surface area contributed by atoms with Gasteiger partial charge >= 0.3 is 0 Å². The second-order valence-corrected chi connectivity index (χ2v) is 6.03. The molecule has 0 unspecified atom stereocenters. The standard InChI is InChI=1S/C22H13FN4O/c23-21-9-8-17(13-26-21)27-14-16(20-7-3-4-10-25-20)11-19(22(27)28)18-6-2-1-5-15(18)12-24/h1-11,13-14H. The molecule has 4 aromatic rings. The molecule has 0 aliphatic carbocycles. The number of pyridine rings is 3. The zero-order valence-electron chi connectivity index (χ0n) is 14.6. The third-order valence-corrected chi connectivity index (χ3v) is 4.31. The van der Waals surface area contributed by atoms with E-state index < -0.39 is 5.95 Å². The van der Waals surface area contributed by atoms with E-state index in [1.165, 1.54) is 22.9 Å². The quantitative estimate of drug-likeness (QED) is 0.513. The van der Waals surface area contributed by atoms with Gasteiger partial charge in [-0.3, -0.25) is 14.3 Å². The summed E-state index contributed by atoms with van der Waals surface area (Å²) in [5.74, 6) is -0.632. The molecule has 0 saturated carbocycles. The van der Waals surface area contributed by atoms with E-state index in [1.807, 2.05) is 12.1 Å². The highest BCUT2D eigenvalue weighted by Crippen LogP contribution is 2.26. The molecule has 0 N–H and O–H groups in total. The fraction of sp³-hybridized carbons (Fsp3) is 0. The topological polar surface area (TPSA) is 71.6 Å². The van der Waals surface area contributed by atoms with E-state index in [0.717, 1.165) is 0 Å². The van der Waals surface area contributed by atoms with Crippen molar-refractivity contribution < 1.29 is 4.39 Å². The first kappa shape index (κ1) is 17.3. The Hall–Kier alpha value is -4.11. The average Bonchev–Trinajstić information content (AvgIpc) is 2.75. The number of nitrogens with zero attached hydrogens (tertiary/aromatic N) is 4. The van der Waals surface area contributed by atoms with Crippen LogP contribution < -0.4 is 5.56 Å². The number of rotatable bonds is 3. The minimum Gasteiger partial charge on any atom is -0.282 e. The molecule has 0 radical (unpaired) electrons. The van der Waals surface area contributed by atoms with Gasteiger partial charge in [0.1, 0.15) is 0 Å². The number of aromatic nitrogens is 3. The molecular weight excluding hydrogens is 355 g/mol. The average molecular weight is 368 g/mol. The third-order valence-electron chi connectivity index (χ3n) is 4.31. The fourth-order valence-electron chi connectivity index (χ4n) is 2.97. The molecule has 0 atom stereocenters. The fourth-order valence-corrected chi connectivity index (χ4v) is 2.97. The SMILES string of the molecule is N#Cc1ccccc1-c1cc(-c2ccccn2)cn(-c2ccc(F)nc2)c1=O. The van der Waals surface area contributed by atoms with Gasteiger partial charge in [-0.25, -0.2) is 4.98 Å². The largest absolute Gasteiger partial charge is 0.282 e. The van der Waals surface area contributed by atoms with Crippen LogP contribution in [0.25, 0.3) is 28.1 Å². The Labute approximate surface area is 160 Å². The summed E-state index contributed by atoms with van der Waals surface area (Å²) in [6, 6.07) is 18.9. The van der Waals surface area contributed by atoms with Crippen LogP contribution in [0.2, 0.25) is 0 Å². The molecule has 0 aliphatic heterocycles. The minimum absolute atomic E-state index is 0.337. The van der Waals surface area contributed by atoms with Gasteiger partial charge in [0.15, 0.2) is 0 Å². The first-order chi connectivity index (χ1) is 13.7. The van der Waals surface area contributed by atoms with Crippen molar-refractivity contribution in [3.05, 3.63) is 101 Å². The maximum atomic E-state index is 13.2. The van der Waals surface area contributed by atoms with Crippen LogP contribution in [0.4, 0.5) is 4.39 Å². The molecule has 5 nitrogen and oxygen atoms in total. The second-order valence-electron chi connectivity index (χ2n) is 6.03. The number of benzene rings is 1. The van der Waals surface area contributed by atoms with Gasteiger partial charge in [-0.1, -0.05) is 24.3 Å². The van der Waals surface area contributed by atoms with Gasteiger partial charge in [-0.05, 0) is 36.4 Å². The number of hydrogen-bond acceptors (Lipinski definition) is 4. The summed E-state index contributed by atoms with van der Waals surface area (Å²) in [6.07, 6.45) is 4.59. The van der Waals surface area contributed by atoms with Crippen molar-refractivity contribution in [1.82, 2.24) is 14.5 Å². The molecule has 1 aromatic carbocycles. The van der Waals surface area contributed by atoms with Crippen LogP contribution in [-0.4, -0.2) is 14.5 Å². The second kappa shape index (κ2) is 7.25. The van der Waals surface area contributed by atoms with E-state index >= 15 is 0 Å². The van der Waals surface area contributed by atoms with E-state index in [2.05, 4.69) is 16.0 Å². The van der Waals surface area contributed by atoms with Crippen molar-refractivity contribution in [2.75, 3.05) is 0 Å². The zero-order chi connectivity index (χ0) is 19.5. The molecule has 0 bridgehead atoms. The van der Waals surface area contributed by atoms with Crippen LogP contribution in [0.1, 0.15) is 5.56 Å². The van der Waals surface area contributed by atoms with Gasteiger partial charge in [0, 0.05) is 29.1 Å². The predicted octanol–water partition coefficient (Wildman–Crippen LogP) is 3.97. The lowest BCUT2D eigenvalue weighted by Crippen LogP contribution is -2.20. The summed E-state index contributed by atoms with van der Waals surface area (Å²) in [4.78, 5) is 21.2. The molecule has 0 aliphatic rings. The molecule has 3 aromatic heterocycles. The maximum Gasteiger partial charge on any atom is 0.263 e. The summed E-state index contributed by atoms with van der Waals surface area (Å²) < 4.78 is 14.6. The smallest absolute Gasteiger partial charge is 0.263 e. The monoisotopic (exact) mass is 368 g/mol. The van der Waals surface area contributed by atoms with Crippen molar-refractivity contribution >= 4 is 0 Å². The summed E-state index contributed by atoms with van der Waals surface area (Å²) in [5, 5.41) is 9.45. The molecule has 134 valence electrons. The Morgan fingerprint density at radius 1 is 0.964 bits per heavy atom. The lowest BCUT2D eigenvalue weighted by Gasteiger charge is -2.12. The van der Waals surface area contributed by atoms with Gasteiger partial charge in [-0.2, -0.15) is 9.65 Å². The normalized spacial score (nSPS) is 10.4. The van der Waals surface area contributed by atoms with Crippen LogP contribution >= 0.6 is 0 Å². The lowest BCUT2D eigenvalue weighted by atomic mass is 9.99. The number of hydrogen-bond donors (Lipinski definition) is 0. The van der Waals surface area contributed by atoms with Crippen LogP contribution in [-0.2, 0) is 0 Å². The number of nitriles is 1. The summed E-state index contributed by atoms with van der Waals surface area (Å²) in [6.45, 7) is 0. The summed E-state index contributed by atoms with van der Waals surface area (Å²) in [5.41, 5.74) is 2.70. The molecule has 0 fully saturated rings. The van der Waals surface area contributed by atoms with Crippen molar-refractivity contribution in [2.45, 2.75) is 0 Å². The van der Waals surface area contributed by atoms with Gasteiger partial charge in [0.2, 0.25) is 5.95 Å². The summed E-state index contributed by atoms with van der Waals surface area (Å²) >= 11 is 0. The molecule has 0 amide bonds. The Bertz CT molecular complexity index is 1240. The summed E-state index contributed by atoms with van der Waals surface area (Å²) in [7, 11) is 0. The van der Waals surface area contributed by atoms with E-state index in [4.69, 9.17) is 0 Å². The molecule has 3 heterocycles. The Morgan fingerprint density at radius 3 is 2.50 bits per heavy atom. The van der Waals surface area contributed by atoms with E-state index in [9.17, 15) is 14.4 Å². The number of halogens is 1. The zero-order valence-corrected chi connectivity index (χ0v) is 14.6. The predicted molar refractivity (Wildman–Crippen MR) is 103 cm³/mol. The van der Waals surface area contributed by atoms with Crippen molar-refractivity contribution in [3.8, 4) is 34.1 Å². The van der Waals surface area contributed by atoms with E-state index in [-0.39, 0.29) is 5.56 Å². The highest BCUT2D eigenvalue weighted by Gasteiger charge is 2.15. The van der Waals surface area contributed by atoms with E-state index in [1.54, 1.807) is 48.8 Å². The molecule has 28 heavy (non-hydrogen) atoms. The third kappa shape index (κ3) is 3.17. The van der Waals surface area contributed by atoms with Crippen molar-refractivity contribution in [1.29, 1.82) is 5.26 Å². The van der Waals surface area contributed by atoms with Crippen LogP contribution in [0, 0.1) is 17.3 Å². The van der Waals surface area contributed by atoms with Gasteiger partial charge < -0.3 is 0 Å². The Morgan fingerprint density at radius 2 is 1.79 bits per heavy atom. The molecule has 0 spiro atoms. The minimum atomic E-state index is -0.632. The maximum absolute atomic E-state index is 13.2. The van der Waals surface area contributed by atoms with Crippen LogP contribution in [0.3, 0.4) is 0 Å². The Kier molecular flexibility index (Phi) is 4.48. The highest BCUT2D eigenvalue weighted by molar-refractivity contribution is 5.74. The van der Waals surface area contributed by atoms with Gasteiger partial charge in [0.25, 0.3) is 5.56 Å². The first-order valence-corrected chi connectivity index (χ1v) is 8.47. The van der Waals surface area contributed by atoms with Gasteiger partial charge in [-0.15, -0.1) is 0 Å². The van der Waals surface area contributed by atoms with Crippen molar-refractivity contribution in [2.24, 2.45) is 0 Å². The molecular formula is C22H13FN4O. The highest BCUT2D eigenvalue weighted by atomic mass is 19.1. The first-order valence-electron chi connectivity index (χ1n) is 8.47. The van der Waals surface area contributed by atoms with Gasteiger partial charge in [0.05, 0.1) is 29.2 Å². The molecule has 4 rings (SSSR count). The van der Waals surface area contributed by atoms with Crippen LogP contribution in [0.5, 0.6) is 0 Å². The van der Waals surface area contributed by atoms with E-state index in [0.29, 0.717) is 33.6 Å². The van der Waals surface area contributed by atoms with Crippen LogP contribution in [0.15, 0.2) is 84.0 Å².